The Hall–Kier alpha value is -0.710. The number of imidazole rings is 1. The van der Waals surface area contributed by atoms with Crippen molar-refractivity contribution >= 4 is 58.2 Å². The largest absolute Gasteiger partial charge is 0.376 e. The summed E-state index contributed by atoms with van der Waals surface area (Å²) in [6, 6.07) is 0. The van der Waals surface area contributed by atoms with Gasteiger partial charge < -0.3 is 26.3 Å². The maximum absolute atomic E-state index is 5.55. The van der Waals surface area contributed by atoms with Crippen LogP contribution in [-0.4, -0.2) is 68.7 Å². The van der Waals surface area contributed by atoms with Crippen LogP contribution in [0.2, 0.25) is 0 Å². The lowest BCUT2D eigenvalue weighted by Gasteiger charge is -2.16. The Morgan fingerprint density at radius 2 is 1.61 bits per heavy atom. The lowest BCUT2D eigenvalue weighted by Crippen LogP contribution is -2.33. The van der Waals surface area contributed by atoms with Crippen LogP contribution >= 0.6 is 48.0 Å². The van der Waals surface area contributed by atoms with E-state index in [1.807, 2.05) is 47.4 Å². The minimum absolute atomic E-state index is 0.435. The van der Waals surface area contributed by atoms with E-state index in [-0.39, 0.29) is 0 Å². The van der Waals surface area contributed by atoms with Crippen LogP contribution in [0, 0.1) is 0 Å². The summed E-state index contributed by atoms with van der Waals surface area (Å²) in [6.07, 6.45) is 1.76. The van der Waals surface area contributed by atoms with E-state index < -0.39 is 0 Å². The third-order valence-corrected chi connectivity index (χ3v) is 5.72. The van der Waals surface area contributed by atoms with Crippen LogP contribution in [0.5, 0.6) is 0 Å². The van der Waals surface area contributed by atoms with Crippen molar-refractivity contribution in [3.8, 4) is 0 Å². The normalized spacial score (nSPS) is 10.5. The average Bonchev–Trinajstić information content (AvgIpc) is 2.94. The molecule has 1 aromatic heterocycles. The molecular weight excluding hydrogens is 368 g/mol. The summed E-state index contributed by atoms with van der Waals surface area (Å²) in [4.78, 5) is 11.4. The first-order chi connectivity index (χ1) is 10.9. The van der Waals surface area contributed by atoms with E-state index in [1.165, 1.54) is 5.69 Å². The molecule has 0 amide bonds. The molecule has 130 valence electrons. The standard InChI is InChI=1S/C13H24N6S4/c1-18(12(14)20)3-5-22-7-10-11(17-9-16-10)8-23-6-4-19(2)13(15)21/h9H,3-8H2,1-2H3,(H2,14,20)(H2,15,21)(H,16,17). The molecule has 0 spiro atoms. The molecule has 0 fully saturated rings. The van der Waals surface area contributed by atoms with Gasteiger partial charge in [-0.2, -0.15) is 23.5 Å². The fourth-order valence-corrected chi connectivity index (χ4v) is 3.74. The molecule has 6 nitrogen and oxygen atoms in total. The summed E-state index contributed by atoms with van der Waals surface area (Å²) >= 11 is 13.5. The number of hydrogen-bond donors (Lipinski definition) is 3. The third kappa shape index (κ3) is 8.09. The first-order valence-corrected chi connectivity index (χ1v) is 10.2. The highest BCUT2D eigenvalue weighted by molar-refractivity contribution is 7.98. The van der Waals surface area contributed by atoms with Crippen LogP contribution in [0.25, 0.3) is 0 Å². The molecule has 0 saturated heterocycles. The van der Waals surface area contributed by atoms with Crippen LogP contribution in [0.1, 0.15) is 11.4 Å². The summed E-state index contributed by atoms with van der Waals surface area (Å²) in [7, 11) is 3.81. The number of thioether (sulfide) groups is 2. The lowest BCUT2D eigenvalue weighted by atomic mass is 10.4. The molecule has 1 aromatic rings. The molecule has 0 unspecified atom stereocenters. The number of hydrogen-bond acceptors (Lipinski definition) is 5. The highest BCUT2D eigenvalue weighted by Gasteiger charge is 2.07. The van der Waals surface area contributed by atoms with Gasteiger partial charge in [0, 0.05) is 55.9 Å². The van der Waals surface area contributed by atoms with E-state index in [4.69, 9.17) is 35.9 Å². The molecule has 0 aliphatic rings. The second-order valence-corrected chi connectivity index (χ2v) is 8.00. The van der Waals surface area contributed by atoms with Gasteiger partial charge in [0.2, 0.25) is 0 Å². The van der Waals surface area contributed by atoms with Gasteiger partial charge in [-0.1, -0.05) is 0 Å². The second kappa shape index (κ2) is 11.0. The fraction of sp³-hybridized carbons (Fsp3) is 0.615. The van der Waals surface area contributed by atoms with E-state index in [0.717, 1.165) is 41.8 Å². The number of nitrogens with zero attached hydrogens (tertiary/aromatic N) is 3. The van der Waals surface area contributed by atoms with Gasteiger partial charge in [-0.15, -0.1) is 0 Å². The number of nitrogens with one attached hydrogen (secondary N) is 1. The quantitative estimate of drug-likeness (QED) is 0.402. The monoisotopic (exact) mass is 392 g/mol. The van der Waals surface area contributed by atoms with Gasteiger partial charge in [-0.3, -0.25) is 0 Å². The Labute approximate surface area is 157 Å². The molecule has 1 heterocycles. The molecule has 5 N–H and O–H groups in total. The SMILES string of the molecule is CN(CCSCc1nc[nH]c1CSCCN(C)C(N)=S)C(N)=S. The van der Waals surface area contributed by atoms with Crippen molar-refractivity contribution in [3.05, 3.63) is 17.7 Å². The zero-order valence-electron chi connectivity index (χ0n) is 13.4. The Kier molecular flexibility index (Phi) is 9.68. The van der Waals surface area contributed by atoms with Crippen molar-refractivity contribution in [2.45, 2.75) is 11.5 Å². The topological polar surface area (TPSA) is 87.2 Å². The molecule has 1 rings (SSSR count). The zero-order valence-corrected chi connectivity index (χ0v) is 16.7. The van der Waals surface area contributed by atoms with E-state index in [0.29, 0.717) is 10.2 Å². The number of thiocarbonyl (C=S) groups is 2. The maximum atomic E-state index is 5.55. The molecule has 0 aliphatic carbocycles. The van der Waals surface area contributed by atoms with Gasteiger partial charge in [0.05, 0.1) is 12.0 Å². The second-order valence-electron chi connectivity index (χ2n) is 4.95. The summed E-state index contributed by atoms with van der Waals surface area (Å²) in [5.41, 5.74) is 13.4. The number of H-pyrrole nitrogens is 1. The van der Waals surface area contributed by atoms with Crippen LogP contribution in [-0.2, 0) is 11.5 Å². The number of rotatable bonds is 10. The molecule has 0 bridgehead atoms. The first-order valence-electron chi connectivity index (χ1n) is 7.09. The highest BCUT2D eigenvalue weighted by Crippen LogP contribution is 2.18. The Morgan fingerprint density at radius 3 is 2.13 bits per heavy atom. The van der Waals surface area contributed by atoms with Crippen molar-refractivity contribution in [2.24, 2.45) is 11.5 Å². The predicted molar refractivity (Wildman–Crippen MR) is 110 cm³/mol. The minimum atomic E-state index is 0.435. The third-order valence-electron chi connectivity index (χ3n) is 3.19. The molecule has 0 aliphatic heterocycles. The van der Waals surface area contributed by atoms with Gasteiger partial charge in [0.15, 0.2) is 10.2 Å². The number of aromatic amines is 1. The molecular formula is C13H24N6S4. The summed E-state index contributed by atoms with van der Waals surface area (Å²) in [6.45, 7) is 1.70. The van der Waals surface area contributed by atoms with Crippen molar-refractivity contribution < 1.29 is 0 Å². The lowest BCUT2D eigenvalue weighted by molar-refractivity contribution is 0.544. The predicted octanol–water partition coefficient (Wildman–Crippen LogP) is 1.23. The highest BCUT2D eigenvalue weighted by atomic mass is 32.2. The Balaban J connectivity index is 2.25. The van der Waals surface area contributed by atoms with E-state index in [1.54, 1.807) is 6.33 Å². The summed E-state index contributed by atoms with van der Waals surface area (Å²) in [5, 5.41) is 0.871. The summed E-state index contributed by atoms with van der Waals surface area (Å²) < 4.78 is 0. The van der Waals surface area contributed by atoms with Gasteiger partial charge in [-0.05, 0) is 24.4 Å². The van der Waals surface area contributed by atoms with Crippen LogP contribution in [0.4, 0.5) is 0 Å². The molecule has 23 heavy (non-hydrogen) atoms. The molecule has 0 atom stereocenters. The molecule has 0 aromatic carbocycles. The van der Waals surface area contributed by atoms with Gasteiger partial charge in [-0.25, -0.2) is 4.98 Å². The average molecular weight is 393 g/mol. The maximum Gasteiger partial charge on any atom is 0.166 e. The Morgan fingerprint density at radius 1 is 1.09 bits per heavy atom. The number of aromatic nitrogens is 2. The van der Waals surface area contributed by atoms with Gasteiger partial charge in [0.1, 0.15) is 0 Å². The van der Waals surface area contributed by atoms with Crippen LogP contribution < -0.4 is 11.5 Å². The van der Waals surface area contributed by atoms with Gasteiger partial charge in [0.25, 0.3) is 0 Å². The van der Waals surface area contributed by atoms with E-state index >= 15 is 0 Å². The fourth-order valence-electron chi connectivity index (χ4n) is 1.57. The molecule has 10 heteroatoms. The zero-order chi connectivity index (χ0) is 17.2. The molecule has 0 radical (unpaired) electrons. The number of nitrogens with two attached hydrogens (primary N) is 2. The van der Waals surface area contributed by atoms with Crippen molar-refractivity contribution in [1.29, 1.82) is 0 Å². The van der Waals surface area contributed by atoms with E-state index in [9.17, 15) is 0 Å². The van der Waals surface area contributed by atoms with Crippen molar-refractivity contribution in [1.82, 2.24) is 19.8 Å². The first kappa shape index (κ1) is 20.3. The van der Waals surface area contributed by atoms with Crippen molar-refractivity contribution in [2.75, 3.05) is 38.7 Å². The molecule has 0 saturated carbocycles. The van der Waals surface area contributed by atoms with Crippen LogP contribution in [0.3, 0.4) is 0 Å². The van der Waals surface area contributed by atoms with Crippen LogP contribution in [0.15, 0.2) is 6.33 Å². The van der Waals surface area contributed by atoms with Gasteiger partial charge >= 0.3 is 0 Å². The van der Waals surface area contributed by atoms with E-state index in [2.05, 4.69) is 9.97 Å². The smallest absolute Gasteiger partial charge is 0.166 e. The minimum Gasteiger partial charge on any atom is -0.376 e. The van der Waals surface area contributed by atoms with Crippen molar-refractivity contribution in [3.63, 3.8) is 0 Å². The Bertz CT molecular complexity index is 464. The summed E-state index contributed by atoms with van der Waals surface area (Å²) in [5.74, 6) is 3.73.